The van der Waals surface area contributed by atoms with Crippen molar-refractivity contribution >= 4 is 21.1 Å². The molecule has 1 heterocycles. The molecule has 1 saturated heterocycles. The third-order valence-electron chi connectivity index (χ3n) is 4.00. The molecule has 1 N–H and O–H groups in total. The topological polar surface area (TPSA) is 57.6 Å². The summed E-state index contributed by atoms with van der Waals surface area (Å²) in [5, 5.41) is 9.03. The fourth-order valence-corrected chi connectivity index (χ4v) is 3.55. The first-order chi connectivity index (χ1) is 8.02. The molecule has 3 rings (SSSR count). The molecule has 0 bridgehead atoms. The summed E-state index contributed by atoms with van der Waals surface area (Å²) in [5.41, 5.74) is 3.04. The highest BCUT2D eigenvalue weighted by molar-refractivity contribution is 7.18. The Bertz CT molecular complexity index is 494. The van der Waals surface area contributed by atoms with Crippen molar-refractivity contribution in [3.05, 3.63) is 22.8 Å². The zero-order chi connectivity index (χ0) is 12.3. The van der Waals surface area contributed by atoms with Crippen LogP contribution in [-0.4, -0.2) is 33.7 Å². The van der Waals surface area contributed by atoms with Crippen molar-refractivity contribution in [1.29, 1.82) is 0 Å². The van der Waals surface area contributed by atoms with Gasteiger partial charge in [0.15, 0.2) is 0 Å². The molecule has 1 aliphatic heterocycles. The predicted octanol–water partition coefficient (Wildman–Crippen LogP) is 1.15. The van der Waals surface area contributed by atoms with E-state index < -0.39 is 12.0 Å². The van der Waals surface area contributed by atoms with Crippen molar-refractivity contribution in [2.24, 2.45) is 5.92 Å². The van der Waals surface area contributed by atoms with Crippen LogP contribution in [0.1, 0.15) is 19.8 Å². The molecule has 4 atom stereocenters. The molecule has 2 fully saturated rings. The van der Waals surface area contributed by atoms with Gasteiger partial charge in [0.25, 0.3) is 5.91 Å². The number of carboxylic acid groups (broad SMARTS) is 1. The van der Waals surface area contributed by atoms with Crippen LogP contribution in [-0.2, 0) is 9.59 Å². The Hall–Kier alpha value is -1.15. The number of rotatable bonds is 2. The Morgan fingerprint density at radius 1 is 1.65 bits per heavy atom. The number of carbonyl (C=O) groups excluding carboxylic acids is 1. The second-order valence-electron chi connectivity index (χ2n) is 4.84. The molecule has 0 aromatic heterocycles. The number of fused-ring (bicyclic) bond motifs is 2. The second kappa shape index (κ2) is 3.42. The van der Waals surface area contributed by atoms with Crippen molar-refractivity contribution in [2.45, 2.75) is 31.6 Å². The first-order valence-electron chi connectivity index (χ1n) is 5.78. The molecule has 3 aliphatic rings. The van der Waals surface area contributed by atoms with Crippen LogP contribution in [0.25, 0.3) is 0 Å². The summed E-state index contributed by atoms with van der Waals surface area (Å²) >= 11 is 0. The predicted molar refractivity (Wildman–Crippen MR) is 65.3 cm³/mol. The molecule has 0 radical (unpaired) electrons. The first kappa shape index (κ1) is 11.0. The van der Waals surface area contributed by atoms with E-state index in [9.17, 15) is 9.59 Å². The van der Waals surface area contributed by atoms with Gasteiger partial charge in [-0.1, -0.05) is 11.6 Å². The summed E-state index contributed by atoms with van der Waals surface area (Å²) in [6, 6.07) is -0.775. The maximum Gasteiger partial charge on any atom is 0.326 e. The van der Waals surface area contributed by atoms with E-state index in [0.29, 0.717) is 5.92 Å². The largest absolute Gasteiger partial charge is 0.480 e. The number of allylic oxidation sites excluding steroid dienone is 2. The Morgan fingerprint density at radius 2 is 2.35 bits per heavy atom. The van der Waals surface area contributed by atoms with Crippen molar-refractivity contribution in [3.8, 4) is 0 Å². The van der Waals surface area contributed by atoms with Gasteiger partial charge < -0.3 is 10.0 Å². The van der Waals surface area contributed by atoms with E-state index >= 15 is 0 Å². The lowest BCUT2D eigenvalue weighted by atomic mass is 9.80. The summed E-state index contributed by atoms with van der Waals surface area (Å²) in [6.45, 7) is 1.56. The van der Waals surface area contributed by atoms with Crippen LogP contribution in [0.2, 0.25) is 0 Å². The highest BCUT2D eigenvalue weighted by Crippen LogP contribution is 2.51. The Morgan fingerprint density at radius 3 is 2.88 bits per heavy atom. The van der Waals surface area contributed by atoms with Crippen LogP contribution in [0.15, 0.2) is 22.8 Å². The number of carbonyl (C=O) groups is 2. The number of hydrogen-bond donors (Lipinski definition) is 1. The van der Waals surface area contributed by atoms with Gasteiger partial charge in [0.05, 0.1) is 5.78 Å². The minimum absolute atomic E-state index is 0.108. The molecule has 0 aromatic rings. The lowest BCUT2D eigenvalue weighted by molar-refractivity contribution is -0.147. The van der Waals surface area contributed by atoms with E-state index in [2.05, 4.69) is 15.3 Å². The van der Waals surface area contributed by atoms with Crippen molar-refractivity contribution in [2.75, 3.05) is 0 Å². The lowest BCUT2D eigenvalue weighted by Gasteiger charge is -2.28. The molecule has 2 aliphatic carbocycles. The maximum absolute atomic E-state index is 12.3. The van der Waals surface area contributed by atoms with E-state index in [0.717, 1.165) is 24.0 Å². The van der Waals surface area contributed by atoms with Crippen LogP contribution >= 0.6 is 9.24 Å². The third kappa shape index (κ3) is 1.28. The molecule has 0 aromatic carbocycles. The Labute approximate surface area is 102 Å². The van der Waals surface area contributed by atoms with Gasteiger partial charge in [-0.3, -0.25) is 4.79 Å². The van der Waals surface area contributed by atoms with Crippen LogP contribution in [0.4, 0.5) is 0 Å². The third-order valence-corrected chi connectivity index (χ3v) is 4.68. The van der Waals surface area contributed by atoms with Crippen LogP contribution in [0, 0.1) is 5.92 Å². The van der Waals surface area contributed by atoms with Gasteiger partial charge in [-0.25, -0.2) is 4.79 Å². The zero-order valence-corrected chi connectivity index (χ0v) is 10.7. The molecule has 4 unspecified atom stereocenters. The van der Waals surface area contributed by atoms with E-state index in [1.807, 2.05) is 0 Å². The molecule has 5 heteroatoms. The SMILES string of the molecule is CC(C(=O)O)N1C(=O)C2=C3CCC3C=C2C1P. The summed E-state index contributed by atoms with van der Waals surface area (Å²) < 4.78 is 0. The summed E-state index contributed by atoms with van der Waals surface area (Å²) in [4.78, 5) is 24.8. The quantitative estimate of drug-likeness (QED) is 0.749. The Balaban J connectivity index is 2.00. The number of amides is 1. The first-order valence-corrected chi connectivity index (χ1v) is 6.45. The Kier molecular flexibility index (Phi) is 2.21. The van der Waals surface area contributed by atoms with Crippen molar-refractivity contribution in [1.82, 2.24) is 4.90 Å². The van der Waals surface area contributed by atoms with Crippen LogP contribution < -0.4 is 0 Å². The van der Waals surface area contributed by atoms with Gasteiger partial charge in [-0.2, -0.15) is 0 Å². The lowest BCUT2D eigenvalue weighted by Crippen LogP contribution is -2.43. The number of nitrogens with zero attached hydrogens (tertiary/aromatic N) is 1. The van der Waals surface area contributed by atoms with Crippen LogP contribution in [0.5, 0.6) is 0 Å². The van der Waals surface area contributed by atoms with E-state index in [-0.39, 0.29) is 11.7 Å². The van der Waals surface area contributed by atoms with Gasteiger partial charge in [-0.05, 0) is 31.3 Å². The maximum atomic E-state index is 12.3. The van der Waals surface area contributed by atoms with Crippen molar-refractivity contribution < 1.29 is 14.7 Å². The standard InChI is InChI=1S/C12H14NO3P/c1-5(12(15)16)13-10(14)9-7-3-2-6(7)4-8(9)11(13)17/h4-6,11H,2-3,17H2,1H3,(H,15,16). The minimum Gasteiger partial charge on any atom is -0.480 e. The molecular weight excluding hydrogens is 237 g/mol. The average Bonchev–Trinajstić information content (AvgIpc) is 2.62. The molecule has 1 saturated carbocycles. The number of carboxylic acids is 1. The van der Waals surface area contributed by atoms with E-state index in [1.54, 1.807) is 6.92 Å². The van der Waals surface area contributed by atoms with E-state index in [4.69, 9.17) is 5.11 Å². The smallest absolute Gasteiger partial charge is 0.326 e. The monoisotopic (exact) mass is 251 g/mol. The highest BCUT2D eigenvalue weighted by Gasteiger charge is 2.48. The van der Waals surface area contributed by atoms with E-state index in [1.165, 1.54) is 10.5 Å². The van der Waals surface area contributed by atoms with Gasteiger partial charge in [0, 0.05) is 5.57 Å². The molecule has 17 heavy (non-hydrogen) atoms. The van der Waals surface area contributed by atoms with Gasteiger partial charge in [-0.15, -0.1) is 9.24 Å². The fourth-order valence-electron chi connectivity index (χ4n) is 2.88. The molecule has 4 nitrogen and oxygen atoms in total. The zero-order valence-electron chi connectivity index (χ0n) is 9.51. The van der Waals surface area contributed by atoms with Crippen LogP contribution in [0.3, 0.4) is 0 Å². The summed E-state index contributed by atoms with van der Waals surface area (Å²) in [7, 11) is 2.60. The fraction of sp³-hybridized carbons (Fsp3) is 0.500. The summed E-state index contributed by atoms with van der Waals surface area (Å²) in [6.07, 6.45) is 4.25. The minimum atomic E-state index is -0.956. The molecule has 1 amide bonds. The van der Waals surface area contributed by atoms with Gasteiger partial charge in [0.2, 0.25) is 0 Å². The van der Waals surface area contributed by atoms with Gasteiger partial charge >= 0.3 is 5.97 Å². The average molecular weight is 251 g/mol. The normalized spacial score (nSPS) is 32.0. The molecular formula is C12H14NO3P. The second-order valence-corrected chi connectivity index (χ2v) is 5.47. The number of aliphatic carboxylic acids is 1. The summed E-state index contributed by atoms with van der Waals surface area (Å²) in [5.74, 6) is -0.790. The highest BCUT2D eigenvalue weighted by atomic mass is 31.0. The number of likely N-dealkylation sites (tertiary alicyclic amines) is 1. The number of hydrogen-bond acceptors (Lipinski definition) is 2. The molecule has 0 spiro atoms. The molecule has 90 valence electrons. The van der Waals surface area contributed by atoms with Crippen molar-refractivity contribution in [3.63, 3.8) is 0 Å². The van der Waals surface area contributed by atoms with Gasteiger partial charge in [0.1, 0.15) is 6.04 Å².